The van der Waals surface area contributed by atoms with Crippen molar-refractivity contribution in [2.45, 2.75) is 58.8 Å². The van der Waals surface area contributed by atoms with Gasteiger partial charge < -0.3 is 10.1 Å². The lowest BCUT2D eigenvalue weighted by atomic mass is 9.83. The fourth-order valence-corrected chi connectivity index (χ4v) is 2.33. The molecule has 100 valence electrons. The fourth-order valence-electron chi connectivity index (χ4n) is 2.33. The Bertz CT molecular complexity index is 210. The van der Waals surface area contributed by atoms with Gasteiger partial charge in [0.15, 0.2) is 0 Å². The lowest BCUT2D eigenvalue weighted by Crippen LogP contribution is -2.31. The summed E-state index contributed by atoms with van der Waals surface area (Å²) in [5, 5.41) is 2.88. The van der Waals surface area contributed by atoms with E-state index in [0.29, 0.717) is 12.5 Å². The van der Waals surface area contributed by atoms with E-state index in [0.717, 1.165) is 31.7 Å². The number of carbonyl (C=O) groups excluding carboxylic acids is 1. The lowest BCUT2D eigenvalue weighted by molar-refractivity contribution is 0.140. The Labute approximate surface area is 105 Å². The van der Waals surface area contributed by atoms with Gasteiger partial charge in [0.2, 0.25) is 0 Å². The molecule has 1 rings (SSSR count). The molecule has 0 aromatic rings. The quantitative estimate of drug-likeness (QED) is 0.720. The van der Waals surface area contributed by atoms with Crippen molar-refractivity contribution in [3.8, 4) is 0 Å². The highest BCUT2D eigenvalue weighted by Crippen LogP contribution is 2.27. The summed E-state index contributed by atoms with van der Waals surface area (Å²) in [6.45, 7) is 5.80. The molecule has 0 saturated heterocycles. The van der Waals surface area contributed by atoms with Gasteiger partial charge in [0.25, 0.3) is 0 Å². The zero-order valence-electron chi connectivity index (χ0n) is 11.3. The Balaban J connectivity index is 1.99. The van der Waals surface area contributed by atoms with E-state index in [9.17, 15) is 4.79 Å². The standard InChI is InChI=1S/C14H27NO2/c1-3-4-5-10-17-14(16)15-11-13-8-6-12(2)7-9-13/h12-13H,3-11H2,1-2H3,(H,15,16). The summed E-state index contributed by atoms with van der Waals surface area (Å²) in [4.78, 5) is 11.4. The van der Waals surface area contributed by atoms with Crippen LogP contribution in [0.3, 0.4) is 0 Å². The van der Waals surface area contributed by atoms with Crippen molar-refractivity contribution < 1.29 is 9.53 Å². The topological polar surface area (TPSA) is 38.3 Å². The number of hydrogen-bond acceptors (Lipinski definition) is 2. The summed E-state index contributed by atoms with van der Waals surface area (Å²) in [5.41, 5.74) is 0. The van der Waals surface area contributed by atoms with E-state index in [4.69, 9.17) is 4.74 Å². The molecule has 3 heteroatoms. The zero-order valence-corrected chi connectivity index (χ0v) is 11.3. The molecule has 0 heterocycles. The van der Waals surface area contributed by atoms with Gasteiger partial charge >= 0.3 is 6.09 Å². The highest BCUT2D eigenvalue weighted by molar-refractivity contribution is 5.67. The molecule has 3 nitrogen and oxygen atoms in total. The van der Waals surface area contributed by atoms with Crippen molar-refractivity contribution in [2.75, 3.05) is 13.2 Å². The smallest absolute Gasteiger partial charge is 0.407 e. The van der Waals surface area contributed by atoms with Crippen LogP contribution in [0.2, 0.25) is 0 Å². The molecule has 1 fully saturated rings. The number of amides is 1. The van der Waals surface area contributed by atoms with Crippen molar-refractivity contribution >= 4 is 6.09 Å². The summed E-state index contributed by atoms with van der Waals surface area (Å²) in [7, 11) is 0. The molecule has 1 aliphatic carbocycles. The Kier molecular flexibility index (Phi) is 7.06. The van der Waals surface area contributed by atoms with Gasteiger partial charge in [-0.15, -0.1) is 0 Å². The third-order valence-corrected chi connectivity index (χ3v) is 3.65. The number of unbranched alkanes of at least 4 members (excludes halogenated alkanes) is 2. The monoisotopic (exact) mass is 241 g/mol. The molecule has 0 unspecified atom stereocenters. The maximum absolute atomic E-state index is 11.4. The first kappa shape index (κ1) is 14.3. The van der Waals surface area contributed by atoms with Crippen LogP contribution in [0.4, 0.5) is 4.79 Å². The number of nitrogens with one attached hydrogen (secondary N) is 1. The molecule has 1 aliphatic rings. The number of rotatable bonds is 6. The van der Waals surface area contributed by atoms with Crippen molar-refractivity contribution in [2.24, 2.45) is 11.8 Å². The molecule has 0 bridgehead atoms. The first-order chi connectivity index (χ1) is 8.22. The first-order valence-electron chi connectivity index (χ1n) is 7.13. The van der Waals surface area contributed by atoms with E-state index < -0.39 is 0 Å². The predicted molar refractivity (Wildman–Crippen MR) is 70.0 cm³/mol. The van der Waals surface area contributed by atoms with Crippen molar-refractivity contribution in [3.05, 3.63) is 0 Å². The van der Waals surface area contributed by atoms with Crippen LogP contribution < -0.4 is 5.32 Å². The summed E-state index contributed by atoms with van der Waals surface area (Å²) < 4.78 is 5.11. The van der Waals surface area contributed by atoms with Gasteiger partial charge in [-0.2, -0.15) is 0 Å². The summed E-state index contributed by atoms with van der Waals surface area (Å²) in [6.07, 6.45) is 8.13. The van der Waals surface area contributed by atoms with Gasteiger partial charge in [-0.3, -0.25) is 0 Å². The van der Waals surface area contributed by atoms with Crippen molar-refractivity contribution in [1.29, 1.82) is 0 Å². The van der Waals surface area contributed by atoms with E-state index in [1.54, 1.807) is 0 Å². The third-order valence-electron chi connectivity index (χ3n) is 3.65. The van der Waals surface area contributed by atoms with Crippen LogP contribution >= 0.6 is 0 Å². The minimum Gasteiger partial charge on any atom is -0.450 e. The maximum Gasteiger partial charge on any atom is 0.407 e. The second-order valence-corrected chi connectivity index (χ2v) is 5.35. The van der Waals surface area contributed by atoms with Crippen LogP contribution in [-0.2, 0) is 4.74 Å². The summed E-state index contributed by atoms with van der Waals surface area (Å²) in [5.74, 6) is 1.53. The average molecular weight is 241 g/mol. The number of ether oxygens (including phenoxy) is 1. The fraction of sp³-hybridized carbons (Fsp3) is 0.929. The Morgan fingerprint density at radius 3 is 2.59 bits per heavy atom. The van der Waals surface area contributed by atoms with E-state index in [2.05, 4.69) is 19.2 Å². The maximum atomic E-state index is 11.4. The second-order valence-electron chi connectivity index (χ2n) is 5.35. The van der Waals surface area contributed by atoms with Gasteiger partial charge in [0.05, 0.1) is 6.61 Å². The normalized spacial score (nSPS) is 24.4. The van der Waals surface area contributed by atoms with Crippen LogP contribution in [0.5, 0.6) is 0 Å². The largest absolute Gasteiger partial charge is 0.450 e. The van der Waals surface area contributed by atoms with Crippen LogP contribution in [0.15, 0.2) is 0 Å². The molecular weight excluding hydrogens is 214 g/mol. The third kappa shape index (κ3) is 6.54. The van der Waals surface area contributed by atoms with Crippen molar-refractivity contribution in [3.63, 3.8) is 0 Å². The molecule has 17 heavy (non-hydrogen) atoms. The molecule has 0 aliphatic heterocycles. The molecule has 0 radical (unpaired) electrons. The Morgan fingerprint density at radius 1 is 1.24 bits per heavy atom. The molecule has 0 spiro atoms. The lowest BCUT2D eigenvalue weighted by Gasteiger charge is -2.26. The minimum absolute atomic E-state index is 0.236. The predicted octanol–water partition coefficient (Wildman–Crippen LogP) is 3.73. The van der Waals surface area contributed by atoms with E-state index in [1.165, 1.54) is 25.7 Å². The Hall–Kier alpha value is -0.730. The number of alkyl carbamates (subject to hydrolysis) is 1. The molecule has 0 aromatic carbocycles. The molecule has 1 N–H and O–H groups in total. The Morgan fingerprint density at radius 2 is 1.94 bits per heavy atom. The zero-order chi connectivity index (χ0) is 12.5. The van der Waals surface area contributed by atoms with Gasteiger partial charge in [-0.1, -0.05) is 39.5 Å². The highest BCUT2D eigenvalue weighted by atomic mass is 16.5. The molecule has 1 saturated carbocycles. The number of hydrogen-bond donors (Lipinski definition) is 1. The highest BCUT2D eigenvalue weighted by Gasteiger charge is 2.18. The van der Waals surface area contributed by atoms with Crippen LogP contribution in [0.25, 0.3) is 0 Å². The summed E-state index contributed by atoms with van der Waals surface area (Å²) in [6, 6.07) is 0. The molecular formula is C14H27NO2. The van der Waals surface area contributed by atoms with Crippen LogP contribution in [0.1, 0.15) is 58.8 Å². The summed E-state index contributed by atoms with van der Waals surface area (Å²) >= 11 is 0. The molecule has 0 atom stereocenters. The van der Waals surface area contributed by atoms with Gasteiger partial charge in [-0.25, -0.2) is 4.79 Å². The average Bonchev–Trinajstić information content (AvgIpc) is 2.34. The van der Waals surface area contributed by atoms with Crippen LogP contribution in [0, 0.1) is 11.8 Å². The van der Waals surface area contributed by atoms with Gasteiger partial charge in [-0.05, 0) is 31.1 Å². The second kappa shape index (κ2) is 8.37. The van der Waals surface area contributed by atoms with Gasteiger partial charge in [0.1, 0.15) is 0 Å². The van der Waals surface area contributed by atoms with E-state index in [-0.39, 0.29) is 6.09 Å². The molecule has 0 aromatic heterocycles. The van der Waals surface area contributed by atoms with E-state index >= 15 is 0 Å². The first-order valence-corrected chi connectivity index (χ1v) is 7.13. The number of carbonyl (C=O) groups is 1. The SMILES string of the molecule is CCCCCOC(=O)NCC1CCC(C)CC1. The van der Waals surface area contributed by atoms with Crippen molar-refractivity contribution in [1.82, 2.24) is 5.32 Å². The van der Waals surface area contributed by atoms with E-state index in [1.807, 2.05) is 0 Å². The molecule has 1 amide bonds. The van der Waals surface area contributed by atoms with Gasteiger partial charge in [0, 0.05) is 6.54 Å². The minimum atomic E-state index is -0.236. The van der Waals surface area contributed by atoms with Crippen LogP contribution in [-0.4, -0.2) is 19.2 Å².